The van der Waals surface area contributed by atoms with Gasteiger partial charge in [-0.3, -0.25) is 0 Å². The third kappa shape index (κ3) is 9.43. The first-order chi connectivity index (χ1) is 8.79. The van der Waals surface area contributed by atoms with Gasteiger partial charge in [0.05, 0.1) is 0 Å². The van der Waals surface area contributed by atoms with E-state index < -0.39 is 21.6 Å². The van der Waals surface area contributed by atoms with Crippen LogP contribution in [-0.2, 0) is 3.07 Å². The van der Waals surface area contributed by atoms with E-state index in [-0.39, 0.29) is 0 Å². The van der Waals surface area contributed by atoms with Gasteiger partial charge in [-0.2, -0.15) is 0 Å². The average molecular weight is 359 g/mol. The summed E-state index contributed by atoms with van der Waals surface area (Å²) in [5.41, 5.74) is 1.78. The van der Waals surface area contributed by atoms with Gasteiger partial charge < -0.3 is 0 Å². The zero-order valence-corrected chi connectivity index (χ0v) is 15.8. The Morgan fingerprint density at radius 3 is 1.72 bits per heavy atom. The Kier molecular flexibility index (Phi) is 14.3. The van der Waals surface area contributed by atoms with E-state index in [1.807, 2.05) is 0 Å². The molecule has 0 aliphatic heterocycles. The second-order valence-corrected chi connectivity index (χ2v) is 8.06. The van der Waals surface area contributed by atoms with Crippen molar-refractivity contribution in [3.8, 4) is 0 Å². The fourth-order valence-corrected chi connectivity index (χ4v) is 4.85. The molecule has 0 fully saturated rings. The van der Waals surface area contributed by atoms with Crippen LogP contribution in [0.25, 0.3) is 0 Å². The van der Waals surface area contributed by atoms with E-state index in [0.29, 0.717) is 0 Å². The third-order valence-corrected chi connectivity index (χ3v) is 6.87. The van der Waals surface area contributed by atoms with E-state index in [2.05, 4.69) is 27.7 Å². The Balaban J connectivity index is 4.59. The maximum atomic E-state index is 5.85. The molecule has 2 radical (unpaired) electrons. The number of allylic oxidation sites excluding steroid dienone is 2. The second-order valence-electron chi connectivity index (χ2n) is 4.93. The first-order valence-corrected chi connectivity index (χ1v) is 10.5. The van der Waals surface area contributed by atoms with Crippen LogP contribution in [0.1, 0.15) is 85.5 Å². The molecule has 0 bridgehead atoms. The summed E-state index contributed by atoms with van der Waals surface area (Å²) in [7, 11) is 0. The van der Waals surface area contributed by atoms with Gasteiger partial charge in [-0.15, -0.1) is 0 Å². The number of hydrogen-bond acceptors (Lipinski definition) is 1. The molecule has 0 rings (SSSR count). The van der Waals surface area contributed by atoms with Crippen molar-refractivity contribution in [1.82, 2.24) is 0 Å². The minimum absolute atomic E-state index is 0.708. The van der Waals surface area contributed by atoms with E-state index in [1.165, 1.54) is 57.8 Å². The van der Waals surface area contributed by atoms with Crippen LogP contribution >= 0.6 is 0 Å². The summed E-state index contributed by atoms with van der Waals surface area (Å²) < 4.78 is 7.63. The Hall–Kier alpha value is 0.499. The molecule has 0 atom stereocenters. The van der Waals surface area contributed by atoms with Crippen LogP contribution in [0, 0.1) is 0 Å². The number of rotatable bonds is 12. The van der Waals surface area contributed by atoms with Crippen molar-refractivity contribution in [3.63, 3.8) is 0 Å². The Labute approximate surface area is 126 Å². The van der Waals surface area contributed by atoms with E-state index in [1.54, 1.807) is 9.16 Å². The monoisotopic (exact) mass is 360 g/mol. The van der Waals surface area contributed by atoms with Gasteiger partial charge in [-0.25, -0.2) is 0 Å². The molecular weight excluding hydrogens is 327 g/mol. The van der Waals surface area contributed by atoms with Crippen molar-refractivity contribution in [2.75, 3.05) is 6.61 Å². The van der Waals surface area contributed by atoms with Crippen LogP contribution in [0.2, 0.25) is 0 Å². The fourth-order valence-electron chi connectivity index (χ4n) is 2.02. The zero-order valence-electron chi connectivity index (χ0n) is 13.0. The van der Waals surface area contributed by atoms with E-state index in [0.717, 1.165) is 6.61 Å². The van der Waals surface area contributed by atoms with Crippen LogP contribution in [0.15, 0.2) is 9.16 Å². The molecule has 0 unspecified atom stereocenters. The third-order valence-electron chi connectivity index (χ3n) is 3.21. The molecule has 0 saturated carbocycles. The van der Waals surface area contributed by atoms with Crippen molar-refractivity contribution < 1.29 is 3.07 Å². The standard InChI is InChI=1S/C14H27.C2H5O.Sn/c1-4-7-10-13-14(11-8-5-2)12-9-6-3;1-2-3;/h4-12H2,1-3H3;2H2,1H3;/q;-1;+1. The predicted molar refractivity (Wildman–Crippen MR) is 83.0 cm³/mol. The van der Waals surface area contributed by atoms with Gasteiger partial charge >= 0.3 is 126 Å². The summed E-state index contributed by atoms with van der Waals surface area (Å²) in [5.74, 6) is 0. The molecule has 0 spiro atoms. The molecule has 1 nitrogen and oxygen atoms in total. The second kappa shape index (κ2) is 13.9. The van der Waals surface area contributed by atoms with Gasteiger partial charge in [0.15, 0.2) is 0 Å². The Morgan fingerprint density at radius 1 is 0.778 bits per heavy atom. The molecule has 0 saturated heterocycles. The van der Waals surface area contributed by atoms with Crippen LogP contribution in [0.4, 0.5) is 0 Å². The van der Waals surface area contributed by atoms with Crippen molar-refractivity contribution in [3.05, 3.63) is 9.16 Å². The summed E-state index contributed by atoms with van der Waals surface area (Å²) in [6.45, 7) is 9.94. The van der Waals surface area contributed by atoms with Crippen molar-refractivity contribution >= 4 is 21.6 Å². The minimum atomic E-state index is -0.708. The predicted octanol–water partition coefficient (Wildman–Crippen LogP) is 5.47. The quantitative estimate of drug-likeness (QED) is 0.420. The average Bonchev–Trinajstić information content (AvgIpc) is 2.40. The molecular formula is C16H32OSn. The van der Waals surface area contributed by atoms with E-state index in [4.69, 9.17) is 3.07 Å². The van der Waals surface area contributed by atoms with Gasteiger partial charge in [-0.05, 0) is 0 Å². The van der Waals surface area contributed by atoms with Gasteiger partial charge in [0, 0.05) is 0 Å². The molecule has 0 aliphatic rings. The normalized spacial score (nSPS) is 10.7. The molecule has 0 heterocycles. The molecule has 0 N–H and O–H groups in total. The summed E-state index contributed by atoms with van der Waals surface area (Å²) in [6, 6.07) is 0. The van der Waals surface area contributed by atoms with E-state index in [9.17, 15) is 0 Å². The topological polar surface area (TPSA) is 9.23 Å². The van der Waals surface area contributed by atoms with Crippen LogP contribution in [-0.4, -0.2) is 28.2 Å². The molecule has 2 heteroatoms. The van der Waals surface area contributed by atoms with Crippen molar-refractivity contribution in [2.24, 2.45) is 0 Å². The first-order valence-electron chi connectivity index (χ1n) is 7.88. The van der Waals surface area contributed by atoms with Gasteiger partial charge in [-0.1, -0.05) is 0 Å². The summed E-state index contributed by atoms with van der Waals surface area (Å²) >= 11 is -0.708. The summed E-state index contributed by atoms with van der Waals surface area (Å²) in [4.78, 5) is 0. The van der Waals surface area contributed by atoms with Crippen LogP contribution in [0.3, 0.4) is 0 Å². The summed E-state index contributed by atoms with van der Waals surface area (Å²) in [6.07, 6.45) is 12.0. The molecule has 106 valence electrons. The molecule has 18 heavy (non-hydrogen) atoms. The van der Waals surface area contributed by atoms with Gasteiger partial charge in [0.2, 0.25) is 0 Å². The summed E-state index contributed by atoms with van der Waals surface area (Å²) in [5, 5.41) is 0. The van der Waals surface area contributed by atoms with Crippen molar-refractivity contribution in [2.45, 2.75) is 85.5 Å². The van der Waals surface area contributed by atoms with E-state index >= 15 is 0 Å². The SMILES string of the molecule is CCCCC(CCCC)=[C](CCCC)[Sn][O]CC. The molecule has 0 aliphatic carbocycles. The Bertz CT molecular complexity index is 169. The molecule has 0 aromatic rings. The van der Waals surface area contributed by atoms with Crippen LogP contribution in [0.5, 0.6) is 0 Å². The van der Waals surface area contributed by atoms with Crippen molar-refractivity contribution in [1.29, 1.82) is 0 Å². The Morgan fingerprint density at radius 2 is 1.28 bits per heavy atom. The zero-order chi connectivity index (χ0) is 13.6. The first kappa shape index (κ1) is 18.5. The van der Waals surface area contributed by atoms with Gasteiger partial charge in [0.25, 0.3) is 0 Å². The van der Waals surface area contributed by atoms with Crippen LogP contribution < -0.4 is 0 Å². The van der Waals surface area contributed by atoms with Gasteiger partial charge in [0.1, 0.15) is 0 Å². The fraction of sp³-hybridized carbons (Fsp3) is 0.875. The molecule has 0 aromatic heterocycles. The maximum absolute atomic E-state index is 5.85. The molecule has 0 amide bonds. The molecule has 0 aromatic carbocycles. The number of unbranched alkanes of at least 4 members (excludes halogenated alkanes) is 3. The number of hydrogen-bond donors (Lipinski definition) is 0.